The van der Waals surface area contributed by atoms with Crippen LogP contribution >= 0.6 is 27.7 Å². The summed E-state index contributed by atoms with van der Waals surface area (Å²) in [7, 11) is 0. The zero-order valence-electron chi connectivity index (χ0n) is 8.88. The quantitative estimate of drug-likeness (QED) is 0.737. The van der Waals surface area contributed by atoms with E-state index in [2.05, 4.69) is 22.9 Å². The highest BCUT2D eigenvalue weighted by molar-refractivity contribution is 9.09. The van der Waals surface area contributed by atoms with E-state index in [1.807, 2.05) is 23.6 Å². The Hall–Kier alpha value is 0.300. The van der Waals surface area contributed by atoms with Crippen LogP contribution in [0.2, 0.25) is 0 Å². The van der Waals surface area contributed by atoms with E-state index < -0.39 is 0 Å². The Balaban J connectivity index is 2.61. The van der Waals surface area contributed by atoms with Crippen LogP contribution in [0.1, 0.15) is 26.7 Å². The van der Waals surface area contributed by atoms with Gasteiger partial charge in [0.05, 0.1) is 4.75 Å². The zero-order chi connectivity index (χ0) is 10.6. The minimum atomic E-state index is -0.141. The first-order valence-electron chi connectivity index (χ1n) is 5.13. The molecule has 0 saturated carbocycles. The molecule has 1 aliphatic heterocycles. The van der Waals surface area contributed by atoms with Crippen LogP contribution in [0.3, 0.4) is 0 Å². The lowest BCUT2D eigenvalue weighted by molar-refractivity contribution is -0.132. The summed E-state index contributed by atoms with van der Waals surface area (Å²) < 4.78 is -0.141. The average molecular weight is 280 g/mol. The molecule has 0 radical (unpaired) electrons. The first kappa shape index (κ1) is 12.4. The van der Waals surface area contributed by atoms with Crippen LogP contribution < -0.4 is 0 Å². The minimum Gasteiger partial charge on any atom is -0.341 e. The number of hydrogen-bond acceptors (Lipinski definition) is 2. The van der Waals surface area contributed by atoms with Gasteiger partial charge in [-0.1, -0.05) is 15.9 Å². The first-order valence-corrected chi connectivity index (χ1v) is 7.24. The zero-order valence-corrected chi connectivity index (χ0v) is 11.3. The molecule has 0 aliphatic carbocycles. The molecule has 0 aromatic rings. The maximum absolute atomic E-state index is 12.2. The Kier molecular flexibility index (Phi) is 4.77. The predicted molar refractivity (Wildman–Crippen MR) is 66.1 cm³/mol. The molecular weight excluding hydrogens is 262 g/mol. The lowest BCUT2D eigenvalue weighted by atomic mass is 10.0. The molecule has 1 unspecified atom stereocenters. The third-order valence-electron chi connectivity index (χ3n) is 2.69. The van der Waals surface area contributed by atoms with Crippen molar-refractivity contribution in [2.75, 3.05) is 24.2 Å². The first-order chi connectivity index (χ1) is 6.64. The standard InChI is InChI=1S/C10H18BrNOS/c1-3-12(7-6-11)9(13)10(2)5-4-8-14-10/h3-8H2,1-2H3. The number of amides is 1. The number of alkyl halides is 1. The predicted octanol–water partition coefficient (Wildman–Crippen LogP) is 2.52. The van der Waals surface area contributed by atoms with Crippen LogP contribution in [-0.2, 0) is 4.79 Å². The second kappa shape index (κ2) is 5.40. The maximum Gasteiger partial charge on any atom is 0.238 e. The van der Waals surface area contributed by atoms with Gasteiger partial charge >= 0.3 is 0 Å². The third kappa shape index (κ3) is 2.66. The number of thioether (sulfide) groups is 1. The molecule has 0 aromatic carbocycles. The fraction of sp³-hybridized carbons (Fsp3) is 0.900. The van der Waals surface area contributed by atoms with Crippen molar-refractivity contribution in [1.82, 2.24) is 4.90 Å². The van der Waals surface area contributed by atoms with Crippen LogP contribution in [0, 0.1) is 0 Å². The van der Waals surface area contributed by atoms with E-state index in [1.165, 1.54) is 6.42 Å². The van der Waals surface area contributed by atoms with Gasteiger partial charge in [-0.05, 0) is 32.4 Å². The summed E-state index contributed by atoms with van der Waals surface area (Å²) in [5.41, 5.74) is 0. The van der Waals surface area contributed by atoms with E-state index in [4.69, 9.17) is 0 Å². The third-order valence-corrected chi connectivity index (χ3v) is 4.56. The summed E-state index contributed by atoms with van der Waals surface area (Å²) in [6.07, 6.45) is 2.22. The highest BCUT2D eigenvalue weighted by atomic mass is 79.9. The number of nitrogens with zero attached hydrogens (tertiary/aromatic N) is 1. The summed E-state index contributed by atoms with van der Waals surface area (Å²) in [5, 5.41) is 0.868. The fourth-order valence-corrected chi connectivity index (χ4v) is 3.50. The van der Waals surface area contributed by atoms with E-state index >= 15 is 0 Å². The summed E-state index contributed by atoms with van der Waals surface area (Å²) in [6.45, 7) is 5.78. The van der Waals surface area contributed by atoms with Crippen LogP contribution in [0.15, 0.2) is 0 Å². The molecular formula is C10H18BrNOS. The van der Waals surface area contributed by atoms with Crippen LogP contribution in [0.4, 0.5) is 0 Å². The van der Waals surface area contributed by atoms with Gasteiger partial charge < -0.3 is 4.90 Å². The van der Waals surface area contributed by atoms with Gasteiger partial charge in [-0.2, -0.15) is 0 Å². The van der Waals surface area contributed by atoms with Gasteiger partial charge in [0, 0.05) is 18.4 Å². The smallest absolute Gasteiger partial charge is 0.238 e. The van der Waals surface area contributed by atoms with E-state index in [1.54, 1.807) is 0 Å². The topological polar surface area (TPSA) is 20.3 Å². The number of rotatable bonds is 4. The maximum atomic E-state index is 12.2. The molecule has 0 spiro atoms. The molecule has 0 N–H and O–H groups in total. The largest absolute Gasteiger partial charge is 0.341 e. The molecule has 1 aliphatic rings. The monoisotopic (exact) mass is 279 g/mol. The van der Waals surface area contributed by atoms with Gasteiger partial charge in [0.25, 0.3) is 0 Å². The SMILES string of the molecule is CCN(CCBr)C(=O)C1(C)CCCS1. The molecule has 14 heavy (non-hydrogen) atoms. The molecule has 1 rings (SSSR count). The van der Waals surface area contributed by atoms with Crippen LogP contribution in [0.5, 0.6) is 0 Å². The molecule has 82 valence electrons. The second-order valence-corrected chi connectivity index (χ2v) is 6.15. The number of carbonyl (C=O) groups excluding carboxylic acids is 1. The van der Waals surface area contributed by atoms with Crippen molar-refractivity contribution in [3.05, 3.63) is 0 Å². The lowest BCUT2D eigenvalue weighted by Crippen LogP contribution is -2.44. The Labute approximate surface area is 98.9 Å². The molecule has 1 amide bonds. The summed E-state index contributed by atoms with van der Waals surface area (Å²) in [4.78, 5) is 14.1. The Morgan fingerprint density at radius 3 is 2.79 bits per heavy atom. The Bertz CT molecular complexity index is 204. The van der Waals surface area contributed by atoms with Crippen molar-refractivity contribution in [1.29, 1.82) is 0 Å². The molecule has 1 atom stereocenters. The van der Waals surface area contributed by atoms with Crippen molar-refractivity contribution in [2.24, 2.45) is 0 Å². The fourth-order valence-electron chi connectivity index (χ4n) is 1.79. The van der Waals surface area contributed by atoms with Crippen molar-refractivity contribution in [2.45, 2.75) is 31.4 Å². The minimum absolute atomic E-state index is 0.141. The number of halogens is 1. The molecule has 4 heteroatoms. The number of carbonyl (C=O) groups is 1. The van der Waals surface area contributed by atoms with Crippen molar-refractivity contribution in [3.63, 3.8) is 0 Å². The normalized spacial score (nSPS) is 26.5. The number of hydrogen-bond donors (Lipinski definition) is 0. The molecule has 2 nitrogen and oxygen atoms in total. The summed E-state index contributed by atoms with van der Waals surface area (Å²) >= 11 is 5.20. The Morgan fingerprint density at radius 1 is 1.64 bits per heavy atom. The van der Waals surface area contributed by atoms with Crippen molar-refractivity contribution < 1.29 is 4.79 Å². The van der Waals surface area contributed by atoms with Gasteiger partial charge in [-0.25, -0.2) is 0 Å². The molecule has 1 fully saturated rings. The molecule has 1 saturated heterocycles. The van der Waals surface area contributed by atoms with Gasteiger partial charge in [-0.3, -0.25) is 4.79 Å². The lowest BCUT2D eigenvalue weighted by Gasteiger charge is -2.29. The Morgan fingerprint density at radius 2 is 2.36 bits per heavy atom. The van der Waals surface area contributed by atoms with E-state index in [-0.39, 0.29) is 4.75 Å². The summed E-state index contributed by atoms with van der Waals surface area (Å²) in [5.74, 6) is 1.45. The van der Waals surface area contributed by atoms with Gasteiger partial charge in [0.2, 0.25) is 5.91 Å². The van der Waals surface area contributed by atoms with E-state index in [9.17, 15) is 4.79 Å². The van der Waals surface area contributed by atoms with Crippen molar-refractivity contribution >= 4 is 33.6 Å². The van der Waals surface area contributed by atoms with E-state index in [0.717, 1.165) is 30.6 Å². The van der Waals surface area contributed by atoms with Gasteiger partial charge in [0.1, 0.15) is 0 Å². The van der Waals surface area contributed by atoms with Crippen LogP contribution in [0.25, 0.3) is 0 Å². The van der Waals surface area contributed by atoms with Gasteiger partial charge in [0.15, 0.2) is 0 Å². The molecule has 0 aromatic heterocycles. The highest BCUT2D eigenvalue weighted by Gasteiger charge is 2.39. The van der Waals surface area contributed by atoms with Gasteiger partial charge in [-0.15, -0.1) is 11.8 Å². The molecule has 1 heterocycles. The average Bonchev–Trinajstić information content (AvgIpc) is 2.62. The van der Waals surface area contributed by atoms with Crippen molar-refractivity contribution in [3.8, 4) is 0 Å². The van der Waals surface area contributed by atoms with Crippen LogP contribution in [-0.4, -0.2) is 39.7 Å². The highest BCUT2D eigenvalue weighted by Crippen LogP contribution is 2.39. The second-order valence-electron chi connectivity index (χ2n) is 3.76. The van der Waals surface area contributed by atoms with E-state index in [0.29, 0.717) is 5.91 Å². The summed E-state index contributed by atoms with van der Waals surface area (Å²) in [6, 6.07) is 0. The molecule has 0 bridgehead atoms.